The highest BCUT2D eigenvalue weighted by atomic mass is 16.5. The van der Waals surface area contributed by atoms with Gasteiger partial charge in [0, 0.05) is 25.0 Å². The molecule has 0 aliphatic rings. The Morgan fingerprint density at radius 2 is 1.33 bits per heavy atom. The molecule has 1 aromatic heterocycles. The van der Waals surface area contributed by atoms with Crippen molar-refractivity contribution in [1.82, 2.24) is 4.98 Å². The largest absolute Gasteiger partial charge is 0.494 e. The number of aryl methyl sites for hydroxylation is 1. The molecule has 166 valence electrons. The Hall–Kier alpha value is -1.87. The average molecular weight is 412 g/mol. The molecule has 1 heterocycles. The monoisotopic (exact) mass is 411 g/mol. The van der Waals surface area contributed by atoms with Gasteiger partial charge in [-0.25, -0.2) is 0 Å². The van der Waals surface area contributed by atoms with Crippen molar-refractivity contribution in [3.05, 3.63) is 48.2 Å². The van der Waals surface area contributed by atoms with Crippen LogP contribution in [0.1, 0.15) is 83.6 Å². The Bertz CT molecular complexity index is 652. The predicted octanol–water partition coefficient (Wildman–Crippen LogP) is 7.63. The normalized spacial score (nSPS) is 11.0. The minimum Gasteiger partial charge on any atom is -0.494 e. The van der Waals surface area contributed by atoms with Gasteiger partial charge in [-0.05, 0) is 61.6 Å². The van der Waals surface area contributed by atoms with Crippen molar-refractivity contribution >= 4 is 0 Å². The first-order valence-corrected chi connectivity index (χ1v) is 12.1. The molecule has 3 heteroatoms. The maximum absolute atomic E-state index is 5.86. The molecule has 0 atom stereocenters. The SMILES string of the molecule is CCCCCCCOc1ccc(-c2ccc(CCCOCCCCCC)cn2)cc1. The first-order chi connectivity index (χ1) is 14.8. The number of hydrogen-bond acceptors (Lipinski definition) is 3. The van der Waals surface area contributed by atoms with Gasteiger partial charge >= 0.3 is 0 Å². The van der Waals surface area contributed by atoms with Crippen LogP contribution in [0.4, 0.5) is 0 Å². The van der Waals surface area contributed by atoms with Crippen molar-refractivity contribution < 1.29 is 9.47 Å². The van der Waals surface area contributed by atoms with Crippen LogP contribution in [-0.2, 0) is 11.2 Å². The van der Waals surface area contributed by atoms with Gasteiger partial charge < -0.3 is 9.47 Å². The van der Waals surface area contributed by atoms with Gasteiger partial charge in [-0.2, -0.15) is 0 Å². The number of rotatable bonds is 17. The van der Waals surface area contributed by atoms with Crippen molar-refractivity contribution in [2.24, 2.45) is 0 Å². The molecular weight excluding hydrogens is 370 g/mol. The highest BCUT2D eigenvalue weighted by Crippen LogP contribution is 2.21. The highest BCUT2D eigenvalue weighted by molar-refractivity contribution is 5.60. The summed E-state index contributed by atoms with van der Waals surface area (Å²) in [4.78, 5) is 4.65. The van der Waals surface area contributed by atoms with Gasteiger partial charge in [-0.1, -0.05) is 64.9 Å². The fourth-order valence-corrected chi connectivity index (χ4v) is 3.47. The second-order valence-electron chi connectivity index (χ2n) is 8.12. The maximum atomic E-state index is 5.86. The summed E-state index contributed by atoms with van der Waals surface area (Å²) >= 11 is 0. The van der Waals surface area contributed by atoms with Gasteiger partial charge in [0.25, 0.3) is 0 Å². The Morgan fingerprint density at radius 3 is 2.03 bits per heavy atom. The van der Waals surface area contributed by atoms with Crippen LogP contribution in [0.3, 0.4) is 0 Å². The second kappa shape index (κ2) is 15.9. The molecule has 0 unspecified atom stereocenters. The van der Waals surface area contributed by atoms with E-state index in [2.05, 4.69) is 55.2 Å². The van der Waals surface area contributed by atoms with E-state index in [1.807, 2.05) is 6.20 Å². The number of ether oxygens (including phenoxy) is 2. The van der Waals surface area contributed by atoms with E-state index in [0.29, 0.717) is 0 Å². The maximum Gasteiger partial charge on any atom is 0.119 e. The summed E-state index contributed by atoms with van der Waals surface area (Å²) in [5, 5.41) is 0. The minimum atomic E-state index is 0.804. The quantitative estimate of drug-likeness (QED) is 0.251. The van der Waals surface area contributed by atoms with Gasteiger partial charge in [0.1, 0.15) is 5.75 Å². The Balaban J connectivity index is 1.65. The van der Waals surface area contributed by atoms with Crippen molar-refractivity contribution in [2.45, 2.75) is 84.5 Å². The highest BCUT2D eigenvalue weighted by Gasteiger charge is 2.02. The van der Waals surface area contributed by atoms with E-state index in [1.54, 1.807) is 0 Å². The van der Waals surface area contributed by atoms with Crippen LogP contribution in [0.15, 0.2) is 42.6 Å². The van der Waals surface area contributed by atoms with Gasteiger partial charge in [-0.3, -0.25) is 4.98 Å². The van der Waals surface area contributed by atoms with E-state index in [0.717, 1.165) is 56.1 Å². The lowest BCUT2D eigenvalue weighted by Crippen LogP contribution is -1.99. The van der Waals surface area contributed by atoms with Crippen LogP contribution >= 0.6 is 0 Å². The summed E-state index contributed by atoms with van der Waals surface area (Å²) in [6.07, 6.45) is 15.5. The summed E-state index contributed by atoms with van der Waals surface area (Å²) in [7, 11) is 0. The zero-order valence-electron chi connectivity index (χ0n) is 19.2. The number of pyridine rings is 1. The smallest absolute Gasteiger partial charge is 0.119 e. The molecule has 0 saturated carbocycles. The summed E-state index contributed by atoms with van der Waals surface area (Å²) in [5.41, 5.74) is 3.42. The zero-order chi connectivity index (χ0) is 21.3. The lowest BCUT2D eigenvalue weighted by Gasteiger charge is -2.08. The molecule has 0 N–H and O–H groups in total. The molecule has 0 amide bonds. The lowest BCUT2D eigenvalue weighted by molar-refractivity contribution is 0.128. The van der Waals surface area contributed by atoms with Crippen LogP contribution in [0.25, 0.3) is 11.3 Å². The van der Waals surface area contributed by atoms with Crippen molar-refractivity contribution in [3.8, 4) is 17.0 Å². The standard InChI is InChI=1S/C27H41NO2/c1-3-5-7-9-11-22-30-26-17-15-25(16-18-26)27-19-14-24(23-28-27)13-12-21-29-20-10-8-6-4-2/h14-19,23H,3-13,20-22H2,1-2H3. The molecule has 2 aromatic rings. The second-order valence-corrected chi connectivity index (χ2v) is 8.12. The fourth-order valence-electron chi connectivity index (χ4n) is 3.47. The predicted molar refractivity (Wildman–Crippen MR) is 127 cm³/mol. The third kappa shape index (κ3) is 10.2. The summed E-state index contributed by atoms with van der Waals surface area (Å²) in [5.74, 6) is 0.945. The van der Waals surface area contributed by atoms with E-state index in [1.165, 1.54) is 56.9 Å². The molecule has 0 fully saturated rings. The summed E-state index contributed by atoms with van der Waals surface area (Å²) in [6, 6.07) is 12.6. The van der Waals surface area contributed by atoms with Gasteiger partial charge in [0.05, 0.1) is 12.3 Å². The Kier molecular flexibility index (Phi) is 12.9. The number of hydrogen-bond donors (Lipinski definition) is 0. The summed E-state index contributed by atoms with van der Waals surface area (Å²) in [6.45, 7) is 7.02. The average Bonchev–Trinajstić information content (AvgIpc) is 2.79. The molecule has 0 bridgehead atoms. The molecule has 0 radical (unpaired) electrons. The molecule has 0 saturated heterocycles. The van der Waals surface area contributed by atoms with Crippen LogP contribution in [0.2, 0.25) is 0 Å². The lowest BCUT2D eigenvalue weighted by atomic mass is 10.1. The minimum absolute atomic E-state index is 0.804. The fraction of sp³-hybridized carbons (Fsp3) is 0.593. The molecule has 0 aliphatic carbocycles. The van der Waals surface area contributed by atoms with Crippen molar-refractivity contribution in [1.29, 1.82) is 0 Å². The first kappa shape index (κ1) is 24.4. The van der Waals surface area contributed by atoms with Gasteiger partial charge in [0.15, 0.2) is 0 Å². The van der Waals surface area contributed by atoms with Gasteiger partial charge in [0.2, 0.25) is 0 Å². The van der Waals surface area contributed by atoms with Gasteiger partial charge in [-0.15, -0.1) is 0 Å². The van der Waals surface area contributed by atoms with E-state index in [9.17, 15) is 0 Å². The number of benzene rings is 1. The first-order valence-electron chi connectivity index (χ1n) is 12.1. The zero-order valence-corrected chi connectivity index (χ0v) is 19.2. The third-order valence-electron chi connectivity index (χ3n) is 5.39. The van der Waals surface area contributed by atoms with Crippen LogP contribution in [0, 0.1) is 0 Å². The van der Waals surface area contributed by atoms with Crippen molar-refractivity contribution in [2.75, 3.05) is 19.8 Å². The molecular formula is C27H41NO2. The number of aromatic nitrogens is 1. The Labute approximate surface area is 184 Å². The molecule has 30 heavy (non-hydrogen) atoms. The number of nitrogens with zero attached hydrogens (tertiary/aromatic N) is 1. The van der Waals surface area contributed by atoms with Crippen molar-refractivity contribution in [3.63, 3.8) is 0 Å². The third-order valence-corrected chi connectivity index (χ3v) is 5.39. The van der Waals surface area contributed by atoms with E-state index < -0.39 is 0 Å². The van der Waals surface area contributed by atoms with E-state index in [-0.39, 0.29) is 0 Å². The summed E-state index contributed by atoms with van der Waals surface area (Å²) < 4.78 is 11.6. The molecule has 3 nitrogen and oxygen atoms in total. The topological polar surface area (TPSA) is 31.4 Å². The number of unbranched alkanes of at least 4 members (excludes halogenated alkanes) is 7. The molecule has 0 spiro atoms. The van der Waals surface area contributed by atoms with Crippen LogP contribution < -0.4 is 4.74 Å². The Morgan fingerprint density at radius 1 is 0.667 bits per heavy atom. The van der Waals surface area contributed by atoms with E-state index in [4.69, 9.17) is 9.47 Å². The van der Waals surface area contributed by atoms with Crippen LogP contribution in [0.5, 0.6) is 5.75 Å². The molecule has 2 rings (SSSR count). The van der Waals surface area contributed by atoms with E-state index >= 15 is 0 Å². The molecule has 0 aliphatic heterocycles. The molecule has 1 aromatic carbocycles. The van der Waals surface area contributed by atoms with Crippen LogP contribution in [-0.4, -0.2) is 24.8 Å².